The molecule has 0 aromatic heterocycles. The summed E-state index contributed by atoms with van der Waals surface area (Å²) in [6, 6.07) is 11.8. The number of hydrogen-bond acceptors (Lipinski definition) is 2. The van der Waals surface area contributed by atoms with E-state index in [0.29, 0.717) is 10.0 Å². The summed E-state index contributed by atoms with van der Waals surface area (Å²) in [5, 5.41) is 13.7. The molecule has 2 aromatic carbocycles. The predicted molar refractivity (Wildman–Crippen MR) is 87.9 cm³/mol. The van der Waals surface area contributed by atoms with Gasteiger partial charge >= 0.3 is 0 Å². The molecule has 2 aromatic rings. The highest BCUT2D eigenvalue weighted by atomic mass is 35.5. The second kappa shape index (κ2) is 5.04. The smallest absolute Gasteiger partial charge is 0.0879 e. The Morgan fingerprint density at radius 1 is 1.00 bits per heavy atom. The lowest BCUT2D eigenvalue weighted by Gasteiger charge is -2.19. The lowest BCUT2D eigenvalue weighted by molar-refractivity contribution is 0.317. The van der Waals surface area contributed by atoms with Crippen LogP contribution >= 0.6 is 23.2 Å². The largest absolute Gasteiger partial charge is 0.411 e. The molecule has 3 rings (SSSR count). The number of fused-ring (bicyclic) bond motifs is 1. The van der Waals surface area contributed by atoms with Gasteiger partial charge in [0.05, 0.1) is 15.8 Å². The van der Waals surface area contributed by atoms with E-state index in [1.165, 1.54) is 5.56 Å². The standard InChI is InChI=1S/C17H15Cl2NO/c1-17(2)9-16(20-21)12-5-3-10(7-13(12)17)11-4-6-14(18)15(19)8-11/h3-8,21H,9H2,1-2H3. The Bertz CT molecular complexity index is 750. The summed E-state index contributed by atoms with van der Waals surface area (Å²) in [6.45, 7) is 4.31. The molecule has 1 aliphatic carbocycles. The molecule has 0 saturated heterocycles. The van der Waals surface area contributed by atoms with E-state index in [0.717, 1.165) is 28.8 Å². The molecule has 0 atom stereocenters. The average molecular weight is 320 g/mol. The molecule has 1 N–H and O–H groups in total. The van der Waals surface area contributed by atoms with E-state index in [2.05, 4.69) is 25.1 Å². The van der Waals surface area contributed by atoms with Gasteiger partial charge in [0.25, 0.3) is 0 Å². The maximum atomic E-state index is 9.15. The Morgan fingerprint density at radius 2 is 1.67 bits per heavy atom. The molecule has 0 fully saturated rings. The van der Waals surface area contributed by atoms with E-state index in [-0.39, 0.29) is 5.41 Å². The molecule has 0 saturated carbocycles. The van der Waals surface area contributed by atoms with Crippen molar-refractivity contribution in [1.29, 1.82) is 0 Å². The first-order valence-electron chi connectivity index (χ1n) is 6.73. The second-order valence-corrected chi connectivity index (χ2v) is 6.81. The highest BCUT2D eigenvalue weighted by molar-refractivity contribution is 6.42. The van der Waals surface area contributed by atoms with Crippen LogP contribution in [0.2, 0.25) is 10.0 Å². The molecule has 1 aliphatic rings. The molecule has 0 amide bonds. The average Bonchev–Trinajstić information content (AvgIpc) is 2.73. The molecule has 0 bridgehead atoms. The Labute approximate surface area is 134 Å². The lowest BCUT2D eigenvalue weighted by atomic mass is 9.85. The molecule has 21 heavy (non-hydrogen) atoms. The van der Waals surface area contributed by atoms with Crippen LogP contribution in [0.4, 0.5) is 0 Å². The number of benzene rings is 2. The van der Waals surface area contributed by atoms with E-state index < -0.39 is 0 Å². The highest BCUT2D eigenvalue weighted by Crippen LogP contribution is 2.41. The summed E-state index contributed by atoms with van der Waals surface area (Å²) < 4.78 is 0. The van der Waals surface area contributed by atoms with Gasteiger partial charge in [-0.05, 0) is 40.3 Å². The molecule has 2 nitrogen and oxygen atoms in total. The van der Waals surface area contributed by atoms with Gasteiger partial charge < -0.3 is 5.21 Å². The molecule has 0 heterocycles. The van der Waals surface area contributed by atoms with Crippen molar-refractivity contribution in [2.45, 2.75) is 25.7 Å². The van der Waals surface area contributed by atoms with Crippen LogP contribution in [0.5, 0.6) is 0 Å². The molecule has 4 heteroatoms. The minimum Gasteiger partial charge on any atom is -0.411 e. The summed E-state index contributed by atoms with van der Waals surface area (Å²) in [4.78, 5) is 0. The quantitative estimate of drug-likeness (QED) is 0.544. The van der Waals surface area contributed by atoms with E-state index >= 15 is 0 Å². The lowest BCUT2D eigenvalue weighted by Crippen LogP contribution is -2.12. The fourth-order valence-corrected chi connectivity index (χ4v) is 3.21. The van der Waals surface area contributed by atoms with Crippen molar-refractivity contribution in [3.63, 3.8) is 0 Å². The molecule has 0 spiro atoms. The first-order valence-corrected chi connectivity index (χ1v) is 7.49. The molecular weight excluding hydrogens is 305 g/mol. The maximum Gasteiger partial charge on any atom is 0.0879 e. The van der Waals surface area contributed by atoms with Gasteiger partial charge in [-0.1, -0.05) is 60.4 Å². The van der Waals surface area contributed by atoms with Crippen molar-refractivity contribution in [3.8, 4) is 11.1 Å². The van der Waals surface area contributed by atoms with Gasteiger partial charge in [-0.15, -0.1) is 0 Å². The van der Waals surface area contributed by atoms with Crippen molar-refractivity contribution in [3.05, 3.63) is 57.6 Å². The van der Waals surface area contributed by atoms with Crippen LogP contribution in [0.15, 0.2) is 41.6 Å². The molecule has 0 unspecified atom stereocenters. The monoisotopic (exact) mass is 319 g/mol. The number of hydrogen-bond donors (Lipinski definition) is 1. The Kier molecular flexibility index (Phi) is 3.46. The first-order chi connectivity index (χ1) is 9.92. The normalized spacial score (nSPS) is 18.0. The fraction of sp³-hybridized carbons (Fsp3) is 0.235. The number of oxime groups is 1. The molecule has 108 valence electrons. The number of rotatable bonds is 1. The number of nitrogens with zero attached hydrogens (tertiary/aromatic N) is 1. The summed E-state index contributed by atoms with van der Waals surface area (Å²) in [6.07, 6.45) is 0.740. The minimum absolute atomic E-state index is 0.0386. The molecule has 0 aliphatic heterocycles. The van der Waals surface area contributed by atoms with Crippen molar-refractivity contribution < 1.29 is 5.21 Å². The van der Waals surface area contributed by atoms with Crippen LogP contribution in [0.3, 0.4) is 0 Å². The Hall–Kier alpha value is -1.51. The highest BCUT2D eigenvalue weighted by Gasteiger charge is 2.34. The van der Waals surface area contributed by atoms with Gasteiger partial charge in [-0.2, -0.15) is 0 Å². The van der Waals surface area contributed by atoms with E-state index in [4.69, 9.17) is 28.4 Å². The third-order valence-electron chi connectivity index (χ3n) is 4.04. The van der Waals surface area contributed by atoms with E-state index in [9.17, 15) is 0 Å². The fourth-order valence-electron chi connectivity index (χ4n) is 2.91. The third kappa shape index (κ3) is 2.43. The predicted octanol–water partition coefficient (Wildman–Crippen LogP) is 5.52. The van der Waals surface area contributed by atoms with Crippen LogP contribution in [0, 0.1) is 0 Å². The van der Waals surface area contributed by atoms with Crippen LogP contribution in [-0.4, -0.2) is 10.9 Å². The second-order valence-electron chi connectivity index (χ2n) is 6.00. The van der Waals surface area contributed by atoms with Crippen LogP contribution in [0.1, 0.15) is 31.4 Å². The topological polar surface area (TPSA) is 32.6 Å². The van der Waals surface area contributed by atoms with Gasteiger partial charge in [0, 0.05) is 12.0 Å². The molecule has 0 radical (unpaired) electrons. The van der Waals surface area contributed by atoms with Crippen molar-refractivity contribution in [2.24, 2.45) is 5.16 Å². The Morgan fingerprint density at radius 3 is 2.33 bits per heavy atom. The maximum absolute atomic E-state index is 9.15. The summed E-state index contributed by atoms with van der Waals surface area (Å²) >= 11 is 12.1. The zero-order valence-corrected chi connectivity index (χ0v) is 13.3. The van der Waals surface area contributed by atoms with Gasteiger partial charge in [-0.3, -0.25) is 0 Å². The van der Waals surface area contributed by atoms with Gasteiger partial charge in [0.2, 0.25) is 0 Å². The van der Waals surface area contributed by atoms with Crippen molar-refractivity contribution in [1.82, 2.24) is 0 Å². The number of halogens is 2. The third-order valence-corrected chi connectivity index (χ3v) is 4.78. The van der Waals surface area contributed by atoms with Crippen LogP contribution in [-0.2, 0) is 5.41 Å². The van der Waals surface area contributed by atoms with Gasteiger partial charge in [-0.25, -0.2) is 0 Å². The molecular formula is C17H15Cl2NO. The summed E-state index contributed by atoms with van der Waals surface area (Å²) in [5.41, 5.74) is 5.03. The van der Waals surface area contributed by atoms with Crippen molar-refractivity contribution in [2.75, 3.05) is 0 Å². The summed E-state index contributed by atoms with van der Waals surface area (Å²) in [7, 11) is 0. The van der Waals surface area contributed by atoms with Gasteiger partial charge in [0.15, 0.2) is 0 Å². The van der Waals surface area contributed by atoms with E-state index in [1.807, 2.05) is 24.3 Å². The van der Waals surface area contributed by atoms with Crippen LogP contribution < -0.4 is 0 Å². The zero-order valence-electron chi connectivity index (χ0n) is 11.8. The van der Waals surface area contributed by atoms with Crippen molar-refractivity contribution >= 4 is 28.9 Å². The van der Waals surface area contributed by atoms with E-state index in [1.54, 1.807) is 6.07 Å². The summed E-state index contributed by atoms with van der Waals surface area (Å²) in [5.74, 6) is 0. The SMILES string of the molecule is CC1(C)CC(=NO)c2ccc(-c3ccc(Cl)c(Cl)c3)cc21. The minimum atomic E-state index is -0.0386. The van der Waals surface area contributed by atoms with Gasteiger partial charge in [0.1, 0.15) is 0 Å². The van der Waals surface area contributed by atoms with Crippen LogP contribution in [0.25, 0.3) is 11.1 Å². The first kappa shape index (κ1) is 14.4. The zero-order chi connectivity index (χ0) is 15.2. The Balaban J connectivity index is 2.14.